The highest BCUT2D eigenvalue weighted by Gasteiger charge is 2.17. The number of hydrogen-bond acceptors (Lipinski definition) is 3. The molecule has 0 aliphatic heterocycles. The lowest BCUT2D eigenvalue weighted by atomic mass is 9.95. The van der Waals surface area contributed by atoms with Gasteiger partial charge in [-0.05, 0) is 44.0 Å². The van der Waals surface area contributed by atoms with E-state index in [-0.39, 0.29) is 17.8 Å². The summed E-state index contributed by atoms with van der Waals surface area (Å²) >= 11 is 0. The van der Waals surface area contributed by atoms with E-state index >= 15 is 0 Å². The molecule has 0 saturated heterocycles. The highest BCUT2D eigenvalue weighted by atomic mass is 16.5. The Morgan fingerprint density at radius 3 is 2.35 bits per heavy atom. The number of benzene rings is 2. The van der Waals surface area contributed by atoms with Crippen LogP contribution >= 0.6 is 0 Å². The van der Waals surface area contributed by atoms with Gasteiger partial charge in [-0.1, -0.05) is 30.3 Å². The molecule has 0 amide bonds. The normalized spacial score (nSPS) is 10.6. The zero-order valence-corrected chi connectivity index (χ0v) is 11.9. The van der Waals surface area contributed by atoms with Crippen LogP contribution in [0.4, 0.5) is 0 Å². The van der Waals surface area contributed by atoms with Crippen molar-refractivity contribution in [2.75, 3.05) is 0 Å². The predicted molar refractivity (Wildman–Crippen MR) is 78.8 cm³/mol. The van der Waals surface area contributed by atoms with Gasteiger partial charge in [-0.15, -0.1) is 0 Å². The first-order chi connectivity index (χ1) is 9.50. The van der Waals surface area contributed by atoms with E-state index in [0.29, 0.717) is 11.1 Å². The summed E-state index contributed by atoms with van der Waals surface area (Å²) in [6.45, 7) is 5.44. The fourth-order valence-electron chi connectivity index (χ4n) is 2.17. The smallest absolute Gasteiger partial charge is 0.338 e. The lowest BCUT2D eigenvalue weighted by molar-refractivity contribution is 0.0377. The van der Waals surface area contributed by atoms with E-state index in [9.17, 15) is 9.90 Å². The second-order valence-electron chi connectivity index (χ2n) is 4.95. The highest BCUT2D eigenvalue weighted by molar-refractivity contribution is 5.94. The lowest BCUT2D eigenvalue weighted by Crippen LogP contribution is -2.13. The summed E-state index contributed by atoms with van der Waals surface area (Å²) in [5.74, 6) is -0.204. The summed E-state index contributed by atoms with van der Waals surface area (Å²) in [7, 11) is 0. The first-order valence-corrected chi connectivity index (χ1v) is 6.59. The number of carbonyl (C=O) groups is 1. The van der Waals surface area contributed by atoms with Crippen molar-refractivity contribution >= 4 is 5.97 Å². The topological polar surface area (TPSA) is 46.5 Å². The molecule has 104 valence electrons. The molecule has 0 aliphatic rings. The molecule has 3 heteroatoms. The molecule has 0 unspecified atom stereocenters. The molecule has 2 aromatic carbocycles. The van der Waals surface area contributed by atoms with Gasteiger partial charge in [0.1, 0.15) is 5.75 Å². The maximum absolute atomic E-state index is 12.1. The van der Waals surface area contributed by atoms with E-state index in [1.807, 2.05) is 51.1 Å². The van der Waals surface area contributed by atoms with Crippen LogP contribution in [0.5, 0.6) is 5.75 Å². The number of phenolic OH excluding ortho intramolecular Hbond substituents is 1. The van der Waals surface area contributed by atoms with E-state index in [4.69, 9.17) is 4.74 Å². The Morgan fingerprint density at radius 1 is 1.10 bits per heavy atom. The van der Waals surface area contributed by atoms with Gasteiger partial charge in [0.15, 0.2) is 0 Å². The first kappa shape index (κ1) is 14.1. The van der Waals surface area contributed by atoms with Crippen LogP contribution < -0.4 is 0 Å². The van der Waals surface area contributed by atoms with E-state index in [0.717, 1.165) is 11.1 Å². The molecular weight excluding hydrogens is 252 g/mol. The number of ether oxygens (including phenoxy) is 1. The summed E-state index contributed by atoms with van der Waals surface area (Å²) in [6.07, 6.45) is -0.170. The molecule has 2 aromatic rings. The van der Waals surface area contributed by atoms with Crippen LogP contribution in [-0.2, 0) is 4.74 Å². The Kier molecular flexibility index (Phi) is 4.08. The third-order valence-electron chi connectivity index (χ3n) is 3.07. The molecule has 20 heavy (non-hydrogen) atoms. The second kappa shape index (κ2) is 5.78. The largest absolute Gasteiger partial charge is 0.507 e. The van der Waals surface area contributed by atoms with Gasteiger partial charge in [-0.25, -0.2) is 4.79 Å². The number of aromatic hydroxyl groups is 1. The minimum atomic E-state index is -0.366. The molecule has 0 fully saturated rings. The van der Waals surface area contributed by atoms with Gasteiger partial charge in [0.2, 0.25) is 0 Å². The van der Waals surface area contributed by atoms with Crippen LogP contribution in [0.1, 0.15) is 29.8 Å². The van der Waals surface area contributed by atoms with Crippen molar-refractivity contribution < 1.29 is 14.6 Å². The number of hydrogen-bond donors (Lipinski definition) is 1. The van der Waals surface area contributed by atoms with E-state index in [1.54, 1.807) is 6.07 Å². The van der Waals surface area contributed by atoms with Gasteiger partial charge in [-0.2, -0.15) is 0 Å². The maximum atomic E-state index is 12.1. The SMILES string of the molecule is Cc1c(C(=O)OC(C)C)ccc(O)c1-c1ccccc1. The molecule has 0 radical (unpaired) electrons. The summed E-state index contributed by atoms with van der Waals surface area (Å²) in [5, 5.41) is 10.1. The van der Waals surface area contributed by atoms with Crippen molar-refractivity contribution in [1.29, 1.82) is 0 Å². The molecule has 0 aliphatic carbocycles. The fraction of sp³-hybridized carbons (Fsp3) is 0.235. The molecule has 0 bridgehead atoms. The quantitative estimate of drug-likeness (QED) is 0.859. The summed E-state index contributed by atoms with van der Waals surface area (Å²) < 4.78 is 5.23. The average Bonchev–Trinajstić information content (AvgIpc) is 2.39. The maximum Gasteiger partial charge on any atom is 0.338 e. The van der Waals surface area contributed by atoms with Gasteiger partial charge in [0, 0.05) is 5.56 Å². The van der Waals surface area contributed by atoms with Crippen LogP contribution in [0, 0.1) is 6.92 Å². The Morgan fingerprint density at radius 2 is 1.75 bits per heavy atom. The zero-order chi connectivity index (χ0) is 14.7. The summed E-state index contributed by atoms with van der Waals surface area (Å²) in [4.78, 5) is 12.1. The van der Waals surface area contributed by atoms with Crippen molar-refractivity contribution in [3.63, 3.8) is 0 Å². The van der Waals surface area contributed by atoms with Crippen molar-refractivity contribution in [2.24, 2.45) is 0 Å². The van der Waals surface area contributed by atoms with Gasteiger partial charge < -0.3 is 9.84 Å². The Balaban J connectivity index is 2.51. The number of phenols is 1. The van der Waals surface area contributed by atoms with Gasteiger partial charge in [0.05, 0.1) is 11.7 Å². The Labute approximate surface area is 118 Å². The Bertz CT molecular complexity index is 616. The molecule has 0 atom stereocenters. The second-order valence-corrected chi connectivity index (χ2v) is 4.95. The molecule has 1 N–H and O–H groups in total. The number of esters is 1. The Hall–Kier alpha value is -2.29. The molecule has 3 nitrogen and oxygen atoms in total. The molecule has 0 aromatic heterocycles. The van der Waals surface area contributed by atoms with E-state index in [2.05, 4.69) is 0 Å². The molecule has 2 rings (SSSR count). The summed E-state index contributed by atoms with van der Waals surface area (Å²) in [6, 6.07) is 12.6. The molecule has 0 heterocycles. The molecule has 0 spiro atoms. The van der Waals surface area contributed by atoms with Gasteiger partial charge in [-0.3, -0.25) is 0 Å². The molecular formula is C17H18O3. The fourth-order valence-corrected chi connectivity index (χ4v) is 2.17. The van der Waals surface area contributed by atoms with Gasteiger partial charge >= 0.3 is 5.97 Å². The van der Waals surface area contributed by atoms with Crippen molar-refractivity contribution in [3.8, 4) is 16.9 Å². The van der Waals surface area contributed by atoms with Crippen LogP contribution in [-0.4, -0.2) is 17.2 Å². The minimum Gasteiger partial charge on any atom is -0.507 e. The van der Waals surface area contributed by atoms with Crippen molar-refractivity contribution in [2.45, 2.75) is 26.9 Å². The van der Waals surface area contributed by atoms with Crippen LogP contribution in [0.15, 0.2) is 42.5 Å². The monoisotopic (exact) mass is 270 g/mol. The highest BCUT2D eigenvalue weighted by Crippen LogP contribution is 2.34. The van der Waals surface area contributed by atoms with E-state index < -0.39 is 0 Å². The van der Waals surface area contributed by atoms with E-state index in [1.165, 1.54) is 6.07 Å². The minimum absolute atomic E-state index is 0.162. The first-order valence-electron chi connectivity index (χ1n) is 6.59. The average molecular weight is 270 g/mol. The molecule has 0 saturated carbocycles. The zero-order valence-electron chi connectivity index (χ0n) is 11.9. The predicted octanol–water partition coefficient (Wildman–Crippen LogP) is 3.93. The number of rotatable bonds is 3. The van der Waals surface area contributed by atoms with Crippen LogP contribution in [0.3, 0.4) is 0 Å². The lowest BCUT2D eigenvalue weighted by Gasteiger charge is -2.14. The summed E-state index contributed by atoms with van der Waals surface area (Å²) in [5.41, 5.74) is 2.75. The third-order valence-corrected chi connectivity index (χ3v) is 3.07. The number of carbonyl (C=O) groups excluding carboxylic acids is 1. The van der Waals surface area contributed by atoms with Crippen molar-refractivity contribution in [3.05, 3.63) is 53.6 Å². The standard InChI is InChI=1S/C17H18O3/c1-11(2)20-17(19)14-9-10-15(18)16(12(14)3)13-7-5-4-6-8-13/h4-11,18H,1-3H3. The van der Waals surface area contributed by atoms with Gasteiger partial charge in [0.25, 0.3) is 0 Å². The van der Waals surface area contributed by atoms with Crippen LogP contribution in [0.2, 0.25) is 0 Å². The third kappa shape index (κ3) is 2.82. The van der Waals surface area contributed by atoms with Crippen molar-refractivity contribution in [1.82, 2.24) is 0 Å². The van der Waals surface area contributed by atoms with Crippen LogP contribution in [0.25, 0.3) is 11.1 Å².